The summed E-state index contributed by atoms with van der Waals surface area (Å²) in [5, 5.41) is 16.9. The van der Waals surface area contributed by atoms with Gasteiger partial charge in [0.15, 0.2) is 5.82 Å². The number of phenols is 1. The quantitative estimate of drug-likeness (QED) is 0.544. The van der Waals surface area contributed by atoms with Gasteiger partial charge in [0.1, 0.15) is 5.75 Å². The molecule has 1 aromatic carbocycles. The summed E-state index contributed by atoms with van der Waals surface area (Å²) >= 11 is 7.02. The van der Waals surface area contributed by atoms with E-state index < -0.39 is 0 Å². The second-order valence-corrected chi connectivity index (χ2v) is 12.3. The zero-order chi connectivity index (χ0) is 27.5. The topological polar surface area (TPSA) is 74.1 Å². The van der Waals surface area contributed by atoms with Gasteiger partial charge in [0.25, 0.3) is 0 Å². The fraction of sp³-hybridized carbons (Fsp3) is 0.600. The molecule has 0 radical (unpaired) electrons. The lowest BCUT2D eigenvalue weighted by atomic mass is 9.73. The minimum Gasteiger partial charge on any atom is -0.508 e. The number of amides is 1. The Morgan fingerprint density at radius 2 is 1.85 bits per heavy atom. The van der Waals surface area contributed by atoms with Crippen LogP contribution in [0.5, 0.6) is 5.75 Å². The summed E-state index contributed by atoms with van der Waals surface area (Å²) in [6.45, 7) is 15.6. The van der Waals surface area contributed by atoms with E-state index in [1.807, 2.05) is 18.7 Å². The summed E-state index contributed by atoms with van der Waals surface area (Å²) in [5.74, 6) is 1.23. The highest BCUT2D eigenvalue weighted by Crippen LogP contribution is 2.50. The largest absolute Gasteiger partial charge is 0.508 e. The fourth-order valence-corrected chi connectivity index (χ4v) is 7.35. The molecule has 0 unspecified atom stereocenters. The van der Waals surface area contributed by atoms with Crippen molar-refractivity contribution in [1.82, 2.24) is 19.6 Å². The number of anilines is 1. The number of phenolic OH excluding ortho intramolecular Hbond substituents is 1. The normalized spacial score (nSPS) is 22.2. The number of aryl methyl sites for hydroxylation is 1. The molecule has 210 valence electrons. The maximum absolute atomic E-state index is 12.2. The number of carbonyl (C=O) groups is 1. The van der Waals surface area contributed by atoms with Crippen molar-refractivity contribution in [2.45, 2.75) is 70.5 Å². The van der Waals surface area contributed by atoms with Crippen LogP contribution >= 0.6 is 11.6 Å². The number of halogens is 1. The van der Waals surface area contributed by atoms with Crippen molar-refractivity contribution in [2.24, 2.45) is 0 Å². The molecule has 1 saturated carbocycles. The van der Waals surface area contributed by atoms with Gasteiger partial charge in [0, 0.05) is 55.1 Å². The average molecular weight is 554 g/mol. The highest BCUT2D eigenvalue weighted by molar-refractivity contribution is 6.34. The van der Waals surface area contributed by atoms with Gasteiger partial charge in [0.05, 0.1) is 35.9 Å². The lowest BCUT2D eigenvalue weighted by Crippen LogP contribution is -2.69. The highest BCUT2D eigenvalue weighted by Gasteiger charge is 2.50. The number of carbonyl (C=O) groups excluding carboxylic acids is 1. The average Bonchev–Trinajstić information content (AvgIpc) is 3.21. The van der Waals surface area contributed by atoms with Gasteiger partial charge in [-0.1, -0.05) is 18.2 Å². The number of nitrogens with zero attached hydrogens (tertiary/aromatic N) is 5. The van der Waals surface area contributed by atoms with Crippen LogP contribution in [0.3, 0.4) is 0 Å². The monoisotopic (exact) mass is 553 g/mol. The number of hydrogen-bond donors (Lipinski definition) is 1. The van der Waals surface area contributed by atoms with Crippen LogP contribution in [0, 0.1) is 20.8 Å². The summed E-state index contributed by atoms with van der Waals surface area (Å²) in [5.41, 5.74) is 4.69. The van der Waals surface area contributed by atoms with E-state index in [-0.39, 0.29) is 23.2 Å². The molecule has 6 rings (SSSR count). The number of rotatable bonds is 5. The van der Waals surface area contributed by atoms with Crippen LogP contribution in [0.4, 0.5) is 5.82 Å². The van der Waals surface area contributed by atoms with Crippen LogP contribution in [0.25, 0.3) is 11.1 Å². The first kappa shape index (κ1) is 26.7. The molecule has 3 saturated heterocycles. The van der Waals surface area contributed by atoms with Crippen molar-refractivity contribution in [3.63, 3.8) is 0 Å². The van der Waals surface area contributed by atoms with Crippen molar-refractivity contribution in [3.8, 4) is 16.9 Å². The predicted molar refractivity (Wildman–Crippen MR) is 154 cm³/mol. The molecule has 1 aromatic heterocycles. The van der Waals surface area contributed by atoms with Gasteiger partial charge >= 0.3 is 0 Å². The molecule has 4 aliphatic rings. The molecule has 4 heterocycles. The third-order valence-corrected chi connectivity index (χ3v) is 10.2. The van der Waals surface area contributed by atoms with Gasteiger partial charge in [-0.25, -0.2) is 0 Å². The zero-order valence-corrected chi connectivity index (χ0v) is 24.1. The number of benzene rings is 1. The fourth-order valence-electron chi connectivity index (χ4n) is 7.06. The molecular formula is C30H40ClN5O3. The van der Waals surface area contributed by atoms with Gasteiger partial charge in [-0.05, 0) is 70.6 Å². The molecule has 9 heteroatoms. The van der Waals surface area contributed by atoms with E-state index in [9.17, 15) is 9.90 Å². The Hall–Kier alpha value is -2.55. The number of aromatic nitrogens is 2. The molecule has 2 aromatic rings. The Balaban J connectivity index is 1.43. The van der Waals surface area contributed by atoms with E-state index in [2.05, 4.69) is 28.0 Å². The van der Waals surface area contributed by atoms with Crippen molar-refractivity contribution >= 4 is 23.3 Å². The van der Waals surface area contributed by atoms with E-state index in [4.69, 9.17) is 21.4 Å². The van der Waals surface area contributed by atoms with Crippen LogP contribution in [0.2, 0.25) is 5.02 Å². The van der Waals surface area contributed by atoms with Crippen molar-refractivity contribution in [1.29, 1.82) is 0 Å². The first-order valence-electron chi connectivity index (χ1n) is 14.3. The smallest absolute Gasteiger partial charge is 0.245 e. The molecule has 1 spiro atoms. The summed E-state index contributed by atoms with van der Waals surface area (Å²) in [6, 6.07) is 2.46. The Bertz CT molecular complexity index is 1260. The molecule has 39 heavy (non-hydrogen) atoms. The summed E-state index contributed by atoms with van der Waals surface area (Å²) < 4.78 is 7.71. The van der Waals surface area contributed by atoms with Crippen LogP contribution in [-0.4, -0.2) is 88.1 Å². The van der Waals surface area contributed by atoms with Gasteiger partial charge in [0.2, 0.25) is 5.91 Å². The maximum Gasteiger partial charge on any atom is 0.245 e. The molecule has 3 aliphatic heterocycles. The van der Waals surface area contributed by atoms with Crippen LogP contribution < -0.4 is 4.90 Å². The van der Waals surface area contributed by atoms with Gasteiger partial charge in [-0.3, -0.25) is 14.4 Å². The Kier molecular flexibility index (Phi) is 6.92. The second-order valence-electron chi connectivity index (χ2n) is 11.9. The molecular weight excluding hydrogens is 514 g/mol. The number of piperazine rings is 1. The minimum atomic E-state index is -0.00804. The Morgan fingerprint density at radius 3 is 2.44 bits per heavy atom. The van der Waals surface area contributed by atoms with Gasteiger partial charge < -0.3 is 19.6 Å². The molecule has 0 bridgehead atoms. The van der Waals surface area contributed by atoms with E-state index >= 15 is 0 Å². The lowest BCUT2D eigenvalue weighted by Gasteiger charge is -2.58. The van der Waals surface area contributed by atoms with Crippen molar-refractivity contribution < 1.29 is 14.6 Å². The zero-order valence-electron chi connectivity index (χ0n) is 23.4. The SMILES string of the molecule is C=CC(=O)N1CCC(n2nc(N3CCN(C4COC4)CC34CCC4)c(-c3c(C)c(O)cc(C)c3Cl)c2C)CC1. The molecule has 8 nitrogen and oxygen atoms in total. The number of piperidine rings is 1. The molecule has 1 aliphatic carbocycles. The standard InChI is InChI=1S/C30H40ClN5O3/c1-5-25(38)33-11-7-22(8-12-33)36-21(4)27(26-20(3)24(37)15-19(2)28(26)31)29(32-36)35-14-13-34(23-16-39-17-23)18-30(35)9-6-10-30/h5,15,22-23,37H,1,6-14,16-18H2,2-4H3. The third kappa shape index (κ3) is 4.35. The second kappa shape index (κ2) is 10.1. The van der Waals surface area contributed by atoms with E-state index in [0.717, 1.165) is 92.3 Å². The van der Waals surface area contributed by atoms with E-state index in [1.165, 1.54) is 12.5 Å². The molecule has 1 amide bonds. The van der Waals surface area contributed by atoms with Crippen LogP contribution in [-0.2, 0) is 9.53 Å². The minimum absolute atomic E-state index is 0.00804. The molecule has 4 fully saturated rings. The van der Waals surface area contributed by atoms with Crippen LogP contribution in [0.1, 0.15) is 55.0 Å². The van der Waals surface area contributed by atoms with E-state index in [0.29, 0.717) is 24.2 Å². The van der Waals surface area contributed by atoms with Gasteiger partial charge in [-0.2, -0.15) is 5.10 Å². The maximum atomic E-state index is 12.2. The predicted octanol–water partition coefficient (Wildman–Crippen LogP) is 4.63. The summed E-state index contributed by atoms with van der Waals surface area (Å²) in [6.07, 6.45) is 6.60. The van der Waals surface area contributed by atoms with Crippen molar-refractivity contribution in [2.75, 3.05) is 50.8 Å². The number of aromatic hydroxyl groups is 1. The summed E-state index contributed by atoms with van der Waals surface area (Å²) in [7, 11) is 0. The summed E-state index contributed by atoms with van der Waals surface area (Å²) in [4.78, 5) is 19.3. The first-order valence-corrected chi connectivity index (χ1v) is 14.7. The van der Waals surface area contributed by atoms with E-state index in [1.54, 1.807) is 6.07 Å². The molecule has 1 N–H and O–H groups in total. The number of ether oxygens (including phenoxy) is 1. The van der Waals surface area contributed by atoms with Gasteiger partial charge in [-0.15, -0.1) is 0 Å². The lowest BCUT2D eigenvalue weighted by molar-refractivity contribution is -0.127. The number of likely N-dealkylation sites (tertiary alicyclic amines) is 1. The third-order valence-electron chi connectivity index (χ3n) is 9.71. The highest BCUT2D eigenvalue weighted by atomic mass is 35.5. The Labute approximate surface area is 236 Å². The first-order chi connectivity index (χ1) is 18.7. The Morgan fingerprint density at radius 1 is 1.13 bits per heavy atom. The van der Waals surface area contributed by atoms with Crippen molar-refractivity contribution in [3.05, 3.63) is 40.6 Å². The number of hydrogen-bond acceptors (Lipinski definition) is 6. The van der Waals surface area contributed by atoms with Crippen LogP contribution in [0.15, 0.2) is 18.7 Å². The molecule has 0 atom stereocenters.